The minimum atomic E-state index is 0.408. The lowest BCUT2D eigenvalue weighted by atomic mass is 9.83. The molecular weight excluding hydrogens is 260 g/mol. The smallest absolute Gasteiger partial charge is 0.222 e. The molecule has 122 valence electrons. The summed E-state index contributed by atoms with van der Waals surface area (Å²) in [4.78, 5) is 14.9. The summed E-state index contributed by atoms with van der Waals surface area (Å²) in [6.45, 7) is 5.38. The van der Waals surface area contributed by atoms with Gasteiger partial charge in [0.05, 0.1) is 0 Å². The van der Waals surface area contributed by atoms with E-state index in [2.05, 4.69) is 18.7 Å². The van der Waals surface area contributed by atoms with Gasteiger partial charge in [0.25, 0.3) is 0 Å². The molecule has 0 heterocycles. The predicted molar refractivity (Wildman–Crippen MR) is 88.0 cm³/mol. The number of hydrogen-bond acceptors (Lipinski definition) is 2. The summed E-state index contributed by atoms with van der Waals surface area (Å²) < 4.78 is 0. The first-order valence-corrected chi connectivity index (χ1v) is 9.11. The highest BCUT2D eigenvalue weighted by Crippen LogP contribution is 2.29. The fourth-order valence-electron chi connectivity index (χ4n) is 4.01. The Bertz CT molecular complexity index is 315. The summed E-state index contributed by atoms with van der Waals surface area (Å²) in [7, 11) is 0. The van der Waals surface area contributed by atoms with E-state index in [0.29, 0.717) is 23.9 Å². The zero-order valence-electron chi connectivity index (χ0n) is 14.0. The van der Waals surface area contributed by atoms with Crippen LogP contribution in [0.5, 0.6) is 0 Å². The van der Waals surface area contributed by atoms with Gasteiger partial charge in [-0.3, -0.25) is 4.79 Å². The van der Waals surface area contributed by atoms with Crippen LogP contribution in [0.4, 0.5) is 0 Å². The van der Waals surface area contributed by atoms with Crippen LogP contribution >= 0.6 is 0 Å². The lowest BCUT2D eigenvalue weighted by molar-refractivity contribution is -0.134. The van der Waals surface area contributed by atoms with Crippen molar-refractivity contribution in [2.24, 2.45) is 17.6 Å². The first-order valence-electron chi connectivity index (χ1n) is 9.11. The number of amides is 1. The molecule has 2 N–H and O–H groups in total. The first-order chi connectivity index (χ1) is 10.1. The van der Waals surface area contributed by atoms with Crippen LogP contribution in [0.3, 0.4) is 0 Å². The molecule has 0 aromatic heterocycles. The van der Waals surface area contributed by atoms with E-state index in [1.807, 2.05) is 0 Å². The van der Waals surface area contributed by atoms with E-state index in [4.69, 9.17) is 5.73 Å². The van der Waals surface area contributed by atoms with Gasteiger partial charge >= 0.3 is 0 Å². The molecule has 0 aliphatic heterocycles. The summed E-state index contributed by atoms with van der Waals surface area (Å²) >= 11 is 0. The average molecular weight is 294 g/mol. The molecule has 0 bridgehead atoms. The van der Waals surface area contributed by atoms with Gasteiger partial charge in [0, 0.05) is 25.0 Å². The second-order valence-electron chi connectivity index (χ2n) is 7.70. The molecule has 2 aliphatic carbocycles. The molecule has 0 aromatic carbocycles. The number of carbonyl (C=O) groups excluding carboxylic acids is 1. The van der Waals surface area contributed by atoms with Crippen molar-refractivity contribution in [3.05, 3.63) is 0 Å². The second kappa shape index (κ2) is 8.17. The van der Waals surface area contributed by atoms with Crippen LogP contribution in [-0.2, 0) is 4.79 Å². The molecule has 0 unspecified atom stereocenters. The van der Waals surface area contributed by atoms with Crippen LogP contribution in [0.2, 0.25) is 0 Å². The summed E-state index contributed by atoms with van der Waals surface area (Å²) in [6.07, 6.45) is 11.6. The molecule has 2 rings (SSSR count). The molecule has 0 saturated heterocycles. The lowest BCUT2D eigenvalue weighted by Gasteiger charge is -2.32. The molecule has 0 spiro atoms. The highest BCUT2D eigenvalue weighted by Gasteiger charge is 2.27. The minimum Gasteiger partial charge on any atom is -0.339 e. The Morgan fingerprint density at radius 2 is 1.71 bits per heavy atom. The largest absolute Gasteiger partial charge is 0.339 e. The molecule has 2 fully saturated rings. The SMILES string of the molecule is CC(C)CN(C(=O)CCC1CCC(N)CC1)C1CCCC1. The molecule has 3 nitrogen and oxygen atoms in total. The van der Waals surface area contributed by atoms with E-state index in [0.717, 1.165) is 38.1 Å². The third-order valence-corrected chi connectivity index (χ3v) is 5.31. The predicted octanol–water partition coefficient (Wildman–Crippen LogP) is 3.71. The Labute approximate surface area is 130 Å². The Morgan fingerprint density at radius 3 is 2.29 bits per heavy atom. The maximum absolute atomic E-state index is 12.7. The van der Waals surface area contributed by atoms with Gasteiger partial charge in [-0.15, -0.1) is 0 Å². The van der Waals surface area contributed by atoms with Gasteiger partial charge in [0.2, 0.25) is 5.91 Å². The Balaban J connectivity index is 1.80. The van der Waals surface area contributed by atoms with Crippen molar-refractivity contribution < 1.29 is 4.79 Å². The Hall–Kier alpha value is -0.570. The van der Waals surface area contributed by atoms with Gasteiger partial charge in [-0.2, -0.15) is 0 Å². The van der Waals surface area contributed by atoms with E-state index in [1.165, 1.54) is 38.5 Å². The van der Waals surface area contributed by atoms with Crippen LogP contribution in [-0.4, -0.2) is 29.4 Å². The summed E-state index contributed by atoms with van der Waals surface area (Å²) in [6, 6.07) is 0.938. The van der Waals surface area contributed by atoms with Crippen molar-refractivity contribution >= 4 is 5.91 Å². The van der Waals surface area contributed by atoms with E-state index in [1.54, 1.807) is 0 Å². The zero-order valence-corrected chi connectivity index (χ0v) is 14.0. The van der Waals surface area contributed by atoms with E-state index in [9.17, 15) is 4.79 Å². The van der Waals surface area contributed by atoms with Crippen LogP contribution in [0.25, 0.3) is 0 Å². The highest BCUT2D eigenvalue weighted by molar-refractivity contribution is 5.76. The van der Waals surface area contributed by atoms with Gasteiger partial charge in [-0.1, -0.05) is 26.7 Å². The highest BCUT2D eigenvalue weighted by atomic mass is 16.2. The van der Waals surface area contributed by atoms with E-state index >= 15 is 0 Å². The summed E-state index contributed by atoms with van der Waals surface area (Å²) in [5.41, 5.74) is 5.96. The van der Waals surface area contributed by atoms with Crippen molar-refractivity contribution in [3.8, 4) is 0 Å². The van der Waals surface area contributed by atoms with Crippen LogP contribution in [0.1, 0.15) is 78.1 Å². The van der Waals surface area contributed by atoms with Crippen LogP contribution < -0.4 is 5.73 Å². The zero-order chi connectivity index (χ0) is 15.2. The Kier molecular flexibility index (Phi) is 6.53. The van der Waals surface area contributed by atoms with Crippen molar-refractivity contribution in [1.29, 1.82) is 0 Å². The van der Waals surface area contributed by atoms with Gasteiger partial charge in [0.15, 0.2) is 0 Å². The molecule has 0 radical (unpaired) electrons. The summed E-state index contributed by atoms with van der Waals surface area (Å²) in [5.74, 6) is 1.71. The second-order valence-corrected chi connectivity index (χ2v) is 7.70. The Morgan fingerprint density at radius 1 is 1.10 bits per heavy atom. The van der Waals surface area contributed by atoms with Gasteiger partial charge in [-0.05, 0) is 56.8 Å². The fraction of sp³-hybridized carbons (Fsp3) is 0.944. The quantitative estimate of drug-likeness (QED) is 0.811. The fourth-order valence-corrected chi connectivity index (χ4v) is 4.01. The number of nitrogens with zero attached hydrogens (tertiary/aromatic N) is 1. The average Bonchev–Trinajstić information content (AvgIpc) is 2.97. The van der Waals surface area contributed by atoms with E-state index < -0.39 is 0 Å². The molecule has 0 aromatic rings. The van der Waals surface area contributed by atoms with Crippen molar-refractivity contribution in [3.63, 3.8) is 0 Å². The van der Waals surface area contributed by atoms with Gasteiger partial charge in [-0.25, -0.2) is 0 Å². The standard InChI is InChI=1S/C18H34N2O/c1-14(2)13-20(17-5-3-4-6-17)18(21)12-9-15-7-10-16(19)11-8-15/h14-17H,3-13,19H2,1-2H3. The maximum atomic E-state index is 12.7. The number of hydrogen-bond donors (Lipinski definition) is 1. The van der Waals surface area contributed by atoms with Crippen molar-refractivity contribution in [2.45, 2.75) is 90.1 Å². The molecular formula is C18H34N2O. The van der Waals surface area contributed by atoms with Crippen molar-refractivity contribution in [1.82, 2.24) is 4.90 Å². The van der Waals surface area contributed by atoms with Crippen molar-refractivity contribution in [2.75, 3.05) is 6.54 Å². The summed E-state index contributed by atoms with van der Waals surface area (Å²) in [5, 5.41) is 0. The molecule has 2 aliphatic rings. The van der Waals surface area contributed by atoms with E-state index in [-0.39, 0.29) is 0 Å². The number of nitrogens with two attached hydrogens (primary N) is 1. The van der Waals surface area contributed by atoms with Gasteiger partial charge in [0.1, 0.15) is 0 Å². The normalized spacial score (nSPS) is 27.2. The number of carbonyl (C=O) groups is 1. The molecule has 1 amide bonds. The molecule has 2 saturated carbocycles. The monoisotopic (exact) mass is 294 g/mol. The van der Waals surface area contributed by atoms with Crippen LogP contribution in [0.15, 0.2) is 0 Å². The molecule has 3 heteroatoms. The number of rotatable bonds is 6. The molecule has 0 atom stereocenters. The maximum Gasteiger partial charge on any atom is 0.222 e. The third kappa shape index (κ3) is 5.28. The topological polar surface area (TPSA) is 46.3 Å². The lowest BCUT2D eigenvalue weighted by Crippen LogP contribution is -2.41. The first kappa shape index (κ1) is 16.8. The van der Waals surface area contributed by atoms with Crippen LogP contribution in [0, 0.1) is 11.8 Å². The van der Waals surface area contributed by atoms with Gasteiger partial charge < -0.3 is 10.6 Å². The molecule has 21 heavy (non-hydrogen) atoms. The minimum absolute atomic E-state index is 0.408. The third-order valence-electron chi connectivity index (χ3n) is 5.31.